The van der Waals surface area contributed by atoms with Gasteiger partial charge in [-0.1, -0.05) is 50.8 Å². The van der Waals surface area contributed by atoms with Crippen molar-refractivity contribution in [3.8, 4) is 5.75 Å². The van der Waals surface area contributed by atoms with E-state index < -0.39 is 18.0 Å². The fourth-order valence-electron chi connectivity index (χ4n) is 5.00. The van der Waals surface area contributed by atoms with Crippen LogP contribution in [-0.4, -0.2) is 18.7 Å². The molecule has 4 N–H and O–H groups in total. The largest absolute Gasteiger partial charge is 0.463 e. The second kappa shape index (κ2) is 14.7. The summed E-state index contributed by atoms with van der Waals surface area (Å²) >= 11 is 0. The van der Waals surface area contributed by atoms with Gasteiger partial charge in [0.25, 0.3) is 0 Å². The molecule has 3 rings (SSSR count). The highest BCUT2D eigenvalue weighted by molar-refractivity contribution is 5.87. The fourth-order valence-corrected chi connectivity index (χ4v) is 5.00. The van der Waals surface area contributed by atoms with Gasteiger partial charge in [-0.25, -0.2) is 4.79 Å². The number of rotatable bonds is 14. The highest BCUT2D eigenvalue weighted by atomic mass is 19.3. The molecule has 0 saturated heterocycles. The summed E-state index contributed by atoms with van der Waals surface area (Å²) in [6.07, 6.45) is 9.52. The molecule has 0 unspecified atom stereocenters. The van der Waals surface area contributed by atoms with Crippen LogP contribution in [0.25, 0.3) is 6.08 Å². The molecule has 0 aromatic heterocycles. The number of nitrogens with two attached hydrogens (primary N) is 2. The SMILES string of the molecule is CCCCCC1CCC(C(F)(F)Oc2ccc(/C=C/C(=O)OCCCCc3ccc(N)cc3N)cc2)CC1. The Hall–Kier alpha value is -3.09. The van der Waals surface area contributed by atoms with E-state index in [1.807, 2.05) is 12.1 Å². The van der Waals surface area contributed by atoms with Gasteiger partial charge in [-0.15, -0.1) is 0 Å². The number of anilines is 2. The number of nitrogen functional groups attached to an aromatic ring is 2. The summed E-state index contributed by atoms with van der Waals surface area (Å²) in [7, 11) is 0. The number of esters is 1. The quantitative estimate of drug-likeness (QED) is 0.113. The average molecular weight is 529 g/mol. The minimum Gasteiger partial charge on any atom is -0.463 e. The fraction of sp³-hybridized carbons (Fsp3) is 0.516. The van der Waals surface area contributed by atoms with Gasteiger partial charge in [0, 0.05) is 17.5 Å². The number of benzene rings is 2. The standard InChI is InChI=1S/C31H42F2N2O3/c1-2-3-4-7-23-9-15-26(16-10-23)31(32,33)38-28-18-11-24(12-19-28)13-20-30(36)37-21-6-5-8-25-14-17-27(34)22-29(25)35/h11-14,17-20,22-23,26H,2-10,15-16,21,34-35H2,1H3/b20-13+. The van der Waals surface area contributed by atoms with Crippen molar-refractivity contribution in [3.63, 3.8) is 0 Å². The Morgan fingerprint density at radius 1 is 1.00 bits per heavy atom. The molecule has 208 valence electrons. The molecule has 38 heavy (non-hydrogen) atoms. The summed E-state index contributed by atoms with van der Waals surface area (Å²) < 4.78 is 39.9. The first kappa shape index (κ1) is 29.5. The van der Waals surface area contributed by atoms with Crippen molar-refractivity contribution in [1.82, 2.24) is 0 Å². The Kier molecular flexibility index (Phi) is 11.4. The zero-order valence-electron chi connectivity index (χ0n) is 22.5. The van der Waals surface area contributed by atoms with E-state index in [-0.39, 0.29) is 5.75 Å². The van der Waals surface area contributed by atoms with Gasteiger partial charge in [-0.2, -0.15) is 8.78 Å². The van der Waals surface area contributed by atoms with Crippen LogP contribution in [0.5, 0.6) is 5.75 Å². The zero-order valence-corrected chi connectivity index (χ0v) is 22.5. The molecule has 0 amide bonds. The van der Waals surface area contributed by atoms with Gasteiger partial charge in [-0.3, -0.25) is 0 Å². The highest BCUT2D eigenvalue weighted by Gasteiger charge is 2.43. The van der Waals surface area contributed by atoms with Crippen molar-refractivity contribution in [1.29, 1.82) is 0 Å². The molecule has 2 aromatic rings. The van der Waals surface area contributed by atoms with Crippen LogP contribution in [0.15, 0.2) is 48.5 Å². The van der Waals surface area contributed by atoms with E-state index in [9.17, 15) is 13.6 Å². The molecule has 0 spiro atoms. The Morgan fingerprint density at radius 3 is 2.42 bits per heavy atom. The Bertz CT molecular complexity index is 1030. The molecule has 0 atom stereocenters. The van der Waals surface area contributed by atoms with E-state index in [2.05, 4.69) is 6.92 Å². The van der Waals surface area contributed by atoms with Crippen LogP contribution in [0.2, 0.25) is 0 Å². The molecule has 1 aliphatic rings. The molecular weight excluding hydrogens is 486 g/mol. The first-order valence-corrected chi connectivity index (χ1v) is 13.9. The number of aryl methyl sites for hydroxylation is 1. The Balaban J connectivity index is 1.36. The lowest BCUT2D eigenvalue weighted by Gasteiger charge is -2.33. The first-order valence-electron chi connectivity index (χ1n) is 13.9. The third kappa shape index (κ3) is 9.66. The maximum absolute atomic E-state index is 14.8. The Morgan fingerprint density at radius 2 is 1.74 bits per heavy atom. The number of halogens is 2. The molecule has 1 fully saturated rings. The number of hydrogen-bond acceptors (Lipinski definition) is 5. The van der Waals surface area contributed by atoms with Gasteiger partial charge in [0.1, 0.15) is 5.75 Å². The van der Waals surface area contributed by atoms with Gasteiger partial charge >= 0.3 is 12.1 Å². The lowest BCUT2D eigenvalue weighted by atomic mass is 9.79. The van der Waals surface area contributed by atoms with Crippen LogP contribution in [0.4, 0.5) is 20.2 Å². The maximum Gasteiger partial charge on any atom is 0.400 e. The van der Waals surface area contributed by atoms with Crippen LogP contribution >= 0.6 is 0 Å². The highest BCUT2D eigenvalue weighted by Crippen LogP contribution is 2.41. The van der Waals surface area contributed by atoms with Crippen LogP contribution in [0.1, 0.15) is 82.3 Å². The summed E-state index contributed by atoms with van der Waals surface area (Å²) in [5, 5.41) is 0. The lowest BCUT2D eigenvalue weighted by Crippen LogP contribution is -2.37. The molecule has 7 heteroatoms. The van der Waals surface area contributed by atoms with E-state index >= 15 is 0 Å². The predicted octanol–water partition coefficient (Wildman–Crippen LogP) is 7.79. The average Bonchev–Trinajstić information content (AvgIpc) is 2.89. The third-order valence-electron chi connectivity index (χ3n) is 7.34. The Labute approximate surface area is 225 Å². The molecule has 0 bridgehead atoms. The number of alkyl halides is 2. The molecule has 0 heterocycles. The van der Waals surface area contributed by atoms with Gasteiger partial charge in [0.2, 0.25) is 0 Å². The second-order valence-electron chi connectivity index (χ2n) is 10.4. The van der Waals surface area contributed by atoms with Crippen molar-refractivity contribution in [3.05, 3.63) is 59.7 Å². The van der Waals surface area contributed by atoms with Crippen LogP contribution in [0.3, 0.4) is 0 Å². The van der Waals surface area contributed by atoms with Gasteiger partial charge in [-0.05, 0) is 92.3 Å². The summed E-state index contributed by atoms with van der Waals surface area (Å²) in [6, 6.07) is 11.8. The summed E-state index contributed by atoms with van der Waals surface area (Å²) in [4.78, 5) is 12.0. The molecule has 2 aromatic carbocycles. The minimum atomic E-state index is -3.19. The van der Waals surface area contributed by atoms with Gasteiger partial charge in [0.15, 0.2) is 0 Å². The van der Waals surface area contributed by atoms with Crippen LogP contribution in [0, 0.1) is 11.8 Å². The summed E-state index contributed by atoms with van der Waals surface area (Å²) in [6.45, 7) is 2.48. The lowest BCUT2D eigenvalue weighted by molar-refractivity contribution is -0.223. The van der Waals surface area contributed by atoms with E-state index in [0.29, 0.717) is 48.7 Å². The number of carbonyl (C=O) groups is 1. The molecule has 0 aliphatic heterocycles. The minimum absolute atomic E-state index is 0.126. The normalized spacial score (nSPS) is 18.0. The number of carbonyl (C=O) groups excluding carboxylic acids is 1. The second-order valence-corrected chi connectivity index (χ2v) is 10.4. The first-order chi connectivity index (χ1) is 18.3. The van der Waals surface area contributed by atoms with Crippen molar-refractivity contribution < 1.29 is 23.0 Å². The van der Waals surface area contributed by atoms with Crippen LogP contribution in [-0.2, 0) is 16.0 Å². The van der Waals surface area contributed by atoms with E-state index in [1.165, 1.54) is 37.5 Å². The monoisotopic (exact) mass is 528 g/mol. The predicted molar refractivity (Wildman–Crippen MR) is 150 cm³/mol. The van der Waals surface area contributed by atoms with Gasteiger partial charge < -0.3 is 20.9 Å². The molecular formula is C31H42F2N2O3. The molecule has 0 radical (unpaired) electrons. The van der Waals surface area contributed by atoms with Crippen LogP contribution < -0.4 is 16.2 Å². The van der Waals surface area contributed by atoms with E-state index in [0.717, 1.165) is 37.7 Å². The number of hydrogen-bond donors (Lipinski definition) is 2. The van der Waals surface area contributed by atoms with Crippen molar-refractivity contribution >= 4 is 23.4 Å². The molecule has 1 saturated carbocycles. The smallest absolute Gasteiger partial charge is 0.400 e. The van der Waals surface area contributed by atoms with Crippen molar-refractivity contribution in [2.24, 2.45) is 11.8 Å². The van der Waals surface area contributed by atoms with Gasteiger partial charge in [0.05, 0.1) is 12.5 Å². The van der Waals surface area contributed by atoms with E-state index in [4.69, 9.17) is 20.9 Å². The number of ether oxygens (including phenoxy) is 2. The molecule has 5 nitrogen and oxygen atoms in total. The molecule has 1 aliphatic carbocycles. The zero-order chi connectivity index (χ0) is 27.4. The summed E-state index contributed by atoms with van der Waals surface area (Å²) in [5.74, 6) is -0.501. The van der Waals surface area contributed by atoms with E-state index in [1.54, 1.807) is 24.3 Å². The number of unbranched alkanes of at least 4 members (excludes halogenated alkanes) is 3. The van der Waals surface area contributed by atoms with Crippen molar-refractivity contribution in [2.75, 3.05) is 18.1 Å². The third-order valence-corrected chi connectivity index (χ3v) is 7.34. The van der Waals surface area contributed by atoms with Crippen molar-refractivity contribution in [2.45, 2.75) is 83.7 Å². The maximum atomic E-state index is 14.8. The topological polar surface area (TPSA) is 87.6 Å². The summed E-state index contributed by atoms with van der Waals surface area (Å²) in [5.41, 5.74) is 14.7.